The number of carboxylic acids is 1. The van der Waals surface area contributed by atoms with E-state index in [1.54, 1.807) is 10.9 Å². The van der Waals surface area contributed by atoms with Crippen molar-refractivity contribution in [3.8, 4) is 0 Å². The Morgan fingerprint density at radius 2 is 1.96 bits per heavy atom. The maximum atomic E-state index is 12.4. The van der Waals surface area contributed by atoms with Gasteiger partial charge in [-0.2, -0.15) is 0 Å². The Labute approximate surface area is 155 Å². The molecule has 0 spiro atoms. The normalized spacial score (nSPS) is 17.2. The molecule has 0 radical (unpaired) electrons. The summed E-state index contributed by atoms with van der Waals surface area (Å²) in [6.07, 6.45) is 9.74. The molecule has 0 bridgehead atoms. The van der Waals surface area contributed by atoms with E-state index >= 15 is 0 Å². The number of nitrogens with zero attached hydrogens (tertiary/aromatic N) is 3. The monoisotopic (exact) mass is 364 g/mol. The number of aliphatic carboxylic acids is 1. The minimum atomic E-state index is -0.804. The second kappa shape index (κ2) is 10.3. The van der Waals surface area contributed by atoms with Gasteiger partial charge in [0.05, 0.1) is 18.2 Å². The Hall–Kier alpha value is -1.92. The Balaban J connectivity index is 1.74. The van der Waals surface area contributed by atoms with Gasteiger partial charge in [-0.1, -0.05) is 44.7 Å². The Morgan fingerprint density at radius 3 is 2.58 bits per heavy atom. The Kier molecular flexibility index (Phi) is 8.06. The lowest BCUT2D eigenvalue weighted by Crippen LogP contribution is -2.33. The van der Waals surface area contributed by atoms with Crippen LogP contribution in [0.5, 0.6) is 0 Å². The molecule has 2 unspecified atom stereocenters. The first-order valence-electron chi connectivity index (χ1n) is 9.92. The van der Waals surface area contributed by atoms with Crippen LogP contribution in [0.3, 0.4) is 0 Å². The molecule has 7 heteroatoms. The lowest BCUT2D eigenvalue weighted by molar-refractivity contribution is -0.141. The van der Waals surface area contributed by atoms with E-state index in [1.807, 2.05) is 6.92 Å². The molecule has 2 N–H and O–H groups in total. The number of amides is 1. The first-order chi connectivity index (χ1) is 12.5. The van der Waals surface area contributed by atoms with Gasteiger partial charge in [0.1, 0.15) is 0 Å². The third kappa shape index (κ3) is 6.11. The van der Waals surface area contributed by atoms with Crippen molar-refractivity contribution in [2.24, 2.45) is 17.8 Å². The van der Waals surface area contributed by atoms with Gasteiger partial charge in [-0.25, -0.2) is 0 Å². The predicted octanol–water partition coefficient (Wildman–Crippen LogP) is 2.65. The molecule has 0 saturated heterocycles. The van der Waals surface area contributed by atoms with Crippen LogP contribution in [0.2, 0.25) is 0 Å². The summed E-state index contributed by atoms with van der Waals surface area (Å²) in [7, 11) is 0. The SMILES string of the molecule is CCC(Cc1cn(CCNC(=O)C(CC)CC2CCCC2)nn1)C(=O)O. The number of rotatable bonds is 11. The van der Waals surface area contributed by atoms with Crippen LogP contribution in [0.4, 0.5) is 0 Å². The minimum Gasteiger partial charge on any atom is -0.481 e. The summed E-state index contributed by atoms with van der Waals surface area (Å²) in [5.74, 6) is -0.283. The zero-order valence-corrected chi connectivity index (χ0v) is 16.0. The first-order valence-corrected chi connectivity index (χ1v) is 9.92. The zero-order chi connectivity index (χ0) is 18.9. The maximum absolute atomic E-state index is 12.4. The molecule has 2 atom stereocenters. The first kappa shape index (κ1) is 20.4. The predicted molar refractivity (Wildman–Crippen MR) is 98.5 cm³/mol. The van der Waals surface area contributed by atoms with Crippen LogP contribution in [0, 0.1) is 17.8 Å². The lowest BCUT2D eigenvalue weighted by Gasteiger charge is -2.18. The highest BCUT2D eigenvalue weighted by Gasteiger charge is 2.23. The van der Waals surface area contributed by atoms with Gasteiger partial charge in [0.15, 0.2) is 0 Å². The maximum Gasteiger partial charge on any atom is 0.306 e. The Morgan fingerprint density at radius 1 is 1.27 bits per heavy atom. The molecule has 2 rings (SSSR count). The molecule has 1 heterocycles. The van der Waals surface area contributed by atoms with Crippen molar-refractivity contribution in [2.75, 3.05) is 6.54 Å². The van der Waals surface area contributed by atoms with E-state index in [4.69, 9.17) is 5.11 Å². The van der Waals surface area contributed by atoms with Crippen LogP contribution >= 0.6 is 0 Å². The molecule has 1 aliphatic rings. The van der Waals surface area contributed by atoms with E-state index in [-0.39, 0.29) is 11.8 Å². The fraction of sp³-hybridized carbons (Fsp3) is 0.789. The fourth-order valence-electron chi connectivity index (χ4n) is 3.75. The second-order valence-electron chi connectivity index (χ2n) is 7.40. The van der Waals surface area contributed by atoms with Crippen molar-refractivity contribution < 1.29 is 14.7 Å². The van der Waals surface area contributed by atoms with E-state index in [0.717, 1.165) is 12.8 Å². The Bertz CT molecular complexity index is 581. The molecule has 146 valence electrons. The molecule has 1 aromatic heterocycles. The standard InChI is InChI=1S/C19H32N4O3/c1-3-15(11-14-7-5-6-8-14)18(24)20-9-10-23-13-17(21-22-23)12-16(4-2)19(25)26/h13-16H,3-12H2,1-2H3,(H,20,24)(H,25,26). The number of aromatic nitrogens is 3. The molecule has 1 amide bonds. The number of carbonyl (C=O) groups excluding carboxylic acids is 1. The average Bonchev–Trinajstić information content (AvgIpc) is 3.29. The summed E-state index contributed by atoms with van der Waals surface area (Å²) in [5.41, 5.74) is 0.679. The summed E-state index contributed by atoms with van der Waals surface area (Å²) >= 11 is 0. The van der Waals surface area contributed by atoms with Gasteiger partial charge in [0, 0.05) is 25.1 Å². The van der Waals surface area contributed by atoms with Gasteiger partial charge in [-0.05, 0) is 25.2 Å². The highest BCUT2D eigenvalue weighted by Crippen LogP contribution is 2.31. The summed E-state index contributed by atoms with van der Waals surface area (Å²) in [6, 6.07) is 0. The van der Waals surface area contributed by atoms with Gasteiger partial charge < -0.3 is 10.4 Å². The number of nitrogens with one attached hydrogen (secondary N) is 1. The van der Waals surface area contributed by atoms with Crippen molar-refractivity contribution in [2.45, 2.75) is 71.8 Å². The number of carbonyl (C=O) groups is 2. The number of hydrogen-bond acceptors (Lipinski definition) is 4. The summed E-state index contributed by atoms with van der Waals surface area (Å²) < 4.78 is 1.67. The highest BCUT2D eigenvalue weighted by molar-refractivity contribution is 5.78. The van der Waals surface area contributed by atoms with Crippen LogP contribution in [0.25, 0.3) is 0 Å². The molecule has 7 nitrogen and oxygen atoms in total. The van der Waals surface area contributed by atoms with Crippen molar-refractivity contribution in [1.29, 1.82) is 0 Å². The van der Waals surface area contributed by atoms with E-state index in [0.29, 0.717) is 37.5 Å². The third-order valence-electron chi connectivity index (χ3n) is 5.48. The largest absolute Gasteiger partial charge is 0.481 e. The van der Waals surface area contributed by atoms with Crippen molar-refractivity contribution in [3.05, 3.63) is 11.9 Å². The molecule has 1 aromatic rings. The zero-order valence-electron chi connectivity index (χ0n) is 16.0. The van der Waals surface area contributed by atoms with Gasteiger partial charge >= 0.3 is 5.97 Å². The molecule has 0 aliphatic heterocycles. The molecule has 26 heavy (non-hydrogen) atoms. The molecule has 1 saturated carbocycles. The van der Waals surface area contributed by atoms with Gasteiger partial charge in [0.2, 0.25) is 5.91 Å². The fourth-order valence-corrected chi connectivity index (χ4v) is 3.75. The van der Waals surface area contributed by atoms with Crippen LogP contribution < -0.4 is 5.32 Å². The number of carboxylic acid groups (broad SMARTS) is 1. The summed E-state index contributed by atoms with van der Waals surface area (Å²) in [6.45, 7) is 4.99. The van der Waals surface area contributed by atoms with Gasteiger partial charge in [-0.3, -0.25) is 14.3 Å². The quantitative estimate of drug-likeness (QED) is 0.629. The molecule has 1 aliphatic carbocycles. The van der Waals surface area contributed by atoms with Gasteiger partial charge in [-0.15, -0.1) is 5.10 Å². The van der Waals surface area contributed by atoms with Crippen LogP contribution in [0.15, 0.2) is 6.20 Å². The van der Waals surface area contributed by atoms with E-state index in [9.17, 15) is 9.59 Å². The molecule has 0 aromatic carbocycles. The van der Waals surface area contributed by atoms with Crippen LogP contribution in [-0.4, -0.2) is 38.5 Å². The van der Waals surface area contributed by atoms with Crippen molar-refractivity contribution in [1.82, 2.24) is 20.3 Å². The molecule has 1 fully saturated rings. The number of hydrogen-bond donors (Lipinski definition) is 2. The van der Waals surface area contributed by atoms with Crippen LogP contribution in [-0.2, 0) is 22.6 Å². The van der Waals surface area contributed by atoms with E-state index in [1.165, 1.54) is 25.7 Å². The van der Waals surface area contributed by atoms with Crippen molar-refractivity contribution in [3.63, 3.8) is 0 Å². The van der Waals surface area contributed by atoms with Crippen molar-refractivity contribution >= 4 is 11.9 Å². The topological polar surface area (TPSA) is 97.1 Å². The van der Waals surface area contributed by atoms with Crippen LogP contribution in [0.1, 0.15) is 64.5 Å². The van der Waals surface area contributed by atoms with E-state index < -0.39 is 11.9 Å². The molecular weight excluding hydrogens is 332 g/mol. The van der Waals surface area contributed by atoms with Gasteiger partial charge in [0.25, 0.3) is 0 Å². The average molecular weight is 364 g/mol. The molecular formula is C19H32N4O3. The minimum absolute atomic E-state index is 0.102. The summed E-state index contributed by atoms with van der Waals surface area (Å²) in [4.78, 5) is 23.5. The smallest absolute Gasteiger partial charge is 0.306 e. The highest BCUT2D eigenvalue weighted by atomic mass is 16.4. The lowest BCUT2D eigenvalue weighted by atomic mass is 9.91. The third-order valence-corrected chi connectivity index (χ3v) is 5.48. The second-order valence-corrected chi connectivity index (χ2v) is 7.40. The summed E-state index contributed by atoms with van der Waals surface area (Å²) in [5, 5.41) is 20.2. The van der Waals surface area contributed by atoms with E-state index in [2.05, 4.69) is 22.6 Å².